The molecule has 2 aliphatic heterocycles. The van der Waals surface area contributed by atoms with Crippen molar-refractivity contribution in [3.05, 3.63) is 35.8 Å². The fraction of sp³-hybridized carbons (Fsp3) is 0.565. The van der Waals surface area contributed by atoms with Crippen molar-refractivity contribution in [3.8, 4) is 0 Å². The van der Waals surface area contributed by atoms with Crippen LogP contribution in [-0.2, 0) is 4.79 Å². The van der Waals surface area contributed by atoms with Crippen molar-refractivity contribution in [3.63, 3.8) is 0 Å². The van der Waals surface area contributed by atoms with Gasteiger partial charge in [-0.25, -0.2) is 4.39 Å². The molecule has 0 spiro atoms. The maximum atomic E-state index is 13.6. The van der Waals surface area contributed by atoms with E-state index in [0.717, 1.165) is 31.2 Å². The lowest BCUT2D eigenvalue weighted by Crippen LogP contribution is -2.52. The lowest BCUT2D eigenvalue weighted by molar-refractivity contribution is -0.125. The average Bonchev–Trinajstić information content (AvgIpc) is 3.15. The van der Waals surface area contributed by atoms with E-state index in [1.165, 1.54) is 12.1 Å². The Bertz CT molecular complexity index is 934. The highest BCUT2D eigenvalue weighted by Gasteiger charge is 2.41. The summed E-state index contributed by atoms with van der Waals surface area (Å²) < 4.78 is 13.6. The Kier molecular flexibility index (Phi) is 5.57. The summed E-state index contributed by atoms with van der Waals surface area (Å²) in [6.07, 6.45) is 5.84. The van der Waals surface area contributed by atoms with Gasteiger partial charge < -0.3 is 15.6 Å². The van der Waals surface area contributed by atoms with Crippen LogP contribution >= 0.6 is 0 Å². The first-order chi connectivity index (χ1) is 14.2. The Morgan fingerprint density at radius 3 is 2.57 bits per heavy atom. The van der Waals surface area contributed by atoms with E-state index in [1.54, 1.807) is 12.3 Å². The average molecular weight is 415 g/mol. The van der Waals surface area contributed by atoms with Gasteiger partial charge in [-0.2, -0.15) is 0 Å². The quantitative estimate of drug-likeness (QED) is 0.703. The van der Waals surface area contributed by atoms with Gasteiger partial charge in [-0.15, -0.1) is 0 Å². The van der Waals surface area contributed by atoms with E-state index in [0.29, 0.717) is 42.0 Å². The van der Waals surface area contributed by atoms with Crippen molar-refractivity contribution < 1.29 is 14.0 Å². The summed E-state index contributed by atoms with van der Waals surface area (Å²) in [7, 11) is 0. The summed E-state index contributed by atoms with van der Waals surface area (Å²) >= 11 is 0. The third kappa shape index (κ3) is 4.51. The normalized spacial score (nSPS) is 24.2. The lowest BCUT2D eigenvalue weighted by atomic mass is 9.90. The largest absolute Gasteiger partial charge is 0.360 e. The number of carbonyl (C=O) groups is 2. The monoisotopic (exact) mass is 414 g/mol. The second-order valence-electron chi connectivity index (χ2n) is 9.80. The van der Waals surface area contributed by atoms with E-state index in [4.69, 9.17) is 0 Å². The molecule has 7 heteroatoms. The third-order valence-electron chi connectivity index (χ3n) is 6.26. The van der Waals surface area contributed by atoms with Crippen molar-refractivity contribution >= 4 is 22.7 Å². The molecule has 6 nitrogen and oxygen atoms in total. The van der Waals surface area contributed by atoms with Gasteiger partial charge in [0.15, 0.2) is 0 Å². The number of benzene rings is 1. The van der Waals surface area contributed by atoms with E-state index >= 15 is 0 Å². The molecule has 0 radical (unpaired) electrons. The molecular formula is C23H31FN4O2. The molecule has 1 aromatic heterocycles. The third-order valence-corrected chi connectivity index (χ3v) is 6.26. The molecule has 3 atom stereocenters. The van der Waals surface area contributed by atoms with Gasteiger partial charge in [0.25, 0.3) is 5.91 Å². The maximum Gasteiger partial charge on any atom is 0.253 e. The minimum atomic E-state index is -0.351. The molecule has 30 heavy (non-hydrogen) atoms. The smallest absolute Gasteiger partial charge is 0.253 e. The van der Waals surface area contributed by atoms with Crippen LogP contribution in [0.5, 0.6) is 0 Å². The number of hydrogen-bond acceptors (Lipinski definition) is 3. The van der Waals surface area contributed by atoms with E-state index in [2.05, 4.69) is 20.5 Å². The van der Waals surface area contributed by atoms with Gasteiger partial charge in [0.1, 0.15) is 5.82 Å². The Labute approximate surface area is 176 Å². The van der Waals surface area contributed by atoms with E-state index in [9.17, 15) is 14.0 Å². The van der Waals surface area contributed by atoms with Crippen LogP contribution in [-0.4, -0.2) is 52.4 Å². The molecule has 2 saturated heterocycles. The number of halogens is 1. The van der Waals surface area contributed by atoms with Gasteiger partial charge in [0, 0.05) is 41.3 Å². The van der Waals surface area contributed by atoms with Crippen molar-refractivity contribution in [2.75, 3.05) is 13.1 Å². The first-order valence-corrected chi connectivity index (χ1v) is 10.8. The zero-order valence-electron chi connectivity index (χ0n) is 17.9. The highest BCUT2D eigenvalue weighted by Crippen LogP contribution is 2.38. The van der Waals surface area contributed by atoms with Crippen molar-refractivity contribution in [2.45, 2.75) is 64.1 Å². The predicted molar refractivity (Wildman–Crippen MR) is 115 cm³/mol. The summed E-state index contributed by atoms with van der Waals surface area (Å²) in [4.78, 5) is 30.4. The Hall–Kier alpha value is -2.41. The van der Waals surface area contributed by atoms with Crippen LogP contribution in [0.2, 0.25) is 0 Å². The first-order valence-electron chi connectivity index (χ1n) is 10.8. The molecule has 1 aromatic carbocycles. The highest BCUT2D eigenvalue weighted by atomic mass is 19.1. The van der Waals surface area contributed by atoms with Gasteiger partial charge in [-0.1, -0.05) is 0 Å². The van der Waals surface area contributed by atoms with Crippen LogP contribution in [0.25, 0.3) is 10.9 Å². The number of hydrogen-bond donors (Lipinski definition) is 3. The minimum absolute atomic E-state index is 0.0812. The number of H-pyrrole nitrogens is 1. The summed E-state index contributed by atoms with van der Waals surface area (Å²) in [5.41, 5.74) is 1.01. The van der Waals surface area contributed by atoms with Crippen molar-refractivity contribution in [1.29, 1.82) is 0 Å². The number of aromatic nitrogens is 1. The number of nitrogens with zero attached hydrogens (tertiary/aromatic N) is 1. The number of aromatic amines is 1. The van der Waals surface area contributed by atoms with Crippen molar-refractivity contribution in [1.82, 2.24) is 20.5 Å². The zero-order valence-corrected chi connectivity index (χ0v) is 17.9. The van der Waals surface area contributed by atoms with Gasteiger partial charge in [0.05, 0.1) is 12.1 Å². The molecule has 3 heterocycles. The molecule has 0 aliphatic carbocycles. The Balaban J connectivity index is 1.32. The second kappa shape index (κ2) is 8.02. The summed E-state index contributed by atoms with van der Waals surface area (Å²) in [6, 6.07) is 5.22. The fourth-order valence-corrected chi connectivity index (χ4v) is 5.05. The topological polar surface area (TPSA) is 77.2 Å². The fourth-order valence-electron chi connectivity index (χ4n) is 5.05. The molecule has 2 bridgehead atoms. The predicted octanol–water partition coefficient (Wildman–Crippen LogP) is 3.19. The molecule has 2 aliphatic rings. The first kappa shape index (κ1) is 20.8. The van der Waals surface area contributed by atoms with Gasteiger partial charge in [-0.05, 0) is 70.6 Å². The number of rotatable bonds is 5. The van der Waals surface area contributed by atoms with E-state index in [1.807, 2.05) is 20.8 Å². The number of carbonyl (C=O) groups excluding carboxylic acids is 2. The molecule has 3 N–H and O–H groups in total. The minimum Gasteiger partial charge on any atom is -0.360 e. The highest BCUT2D eigenvalue weighted by molar-refractivity contribution is 6.06. The van der Waals surface area contributed by atoms with Crippen LogP contribution in [0.1, 0.15) is 56.8 Å². The molecule has 2 aromatic rings. The molecule has 0 saturated carbocycles. The van der Waals surface area contributed by atoms with Crippen LogP contribution in [0.4, 0.5) is 4.39 Å². The summed E-state index contributed by atoms with van der Waals surface area (Å²) in [5.74, 6) is -0.0465. The lowest BCUT2D eigenvalue weighted by Gasteiger charge is -2.39. The van der Waals surface area contributed by atoms with E-state index < -0.39 is 0 Å². The van der Waals surface area contributed by atoms with Crippen LogP contribution in [0.15, 0.2) is 24.4 Å². The molecule has 0 unspecified atom stereocenters. The Morgan fingerprint density at radius 1 is 1.20 bits per heavy atom. The van der Waals surface area contributed by atoms with E-state index in [-0.39, 0.29) is 23.2 Å². The van der Waals surface area contributed by atoms with Crippen molar-refractivity contribution in [2.24, 2.45) is 5.92 Å². The number of piperidine rings is 1. The number of fused-ring (bicyclic) bond motifs is 3. The molecular weight excluding hydrogens is 383 g/mol. The Morgan fingerprint density at radius 2 is 1.90 bits per heavy atom. The van der Waals surface area contributed by atoms with Gasteiger partial charge >= 0.3 is 0 Å². The van der Waals surface area contributed by atoms with Gasteiger partial charge in [-0.3, -0.25) is 14.5 Å². The number of amides is 2. The second-order valence-corrected chi connectivity index (χ2v) is 9.80. The number of nitrogens with one attached hydrogen (secondary N) is 3. The van der Waals surface area contributed by atoms with Crippen LogP contribution < -0.4 is 10.6 Å². The molecule has 162 valence electrons. The molecule has 2 amide bonds. The summed E-state index contributed by atoms with van der Waals surface area (Å²) in [5, 5.41) is 6.70. The van der Waals surface area contributed by atoms with Crippen LogP contribution in [0, 0.1) is 11.7 Å². The van der Waals surface area contributed by atoms with Gasteiger partial charge in [0.2, 0.25) is 5.91 Å². The standard InChI is InChI=1S/C23H31FN4O2/c1-23(2,3)27-21(29)13-28-16-5-6-17(28)9-14(8-16)11-26-22(30)19-12-25-20-7-4-15(24)10-18(19)20/h4,7,10,12,14,16-17,25H,5-6,8-9,11,13H2,1-3H3,(H,26,30)(H,27,29)/t14-,16-,17+. The SMILES string of the molecule is CC(C)(C)NC(=O)CN1[C@@H]2CC[C@H]1C[C@H](CNC(=O)c1c[nH]c3ccc(F)cc13)C2. The molecule has 2 fully saturated rings. The summed E-state index contributed by atoms with van der Waals surface area (Å²) in [6.45, 7) is 7.05. The maximum absolute atomic E-state index is 13.6. The van der Waals surface area contributed by atoms with Crippen LogP contribution in [0.3, 0.4) is 0 Å². The molecule has 4 rings (SSSR count). The zero-order chi connectivity index (χ0) is 21.5.